The maximum atomic E-state index is 13.2. The maximum absolute atomic E-state index is 13.2. The van der Waals surface area contributed by atoms with E-state index in [9.17, 15) is 18.1 Å². The third kappa shape index (κ3) is 3.42. The van der Waals surface area contributed by atoms with Crippen LogP contribution in [0.4, 0.5) is 4.39 Å². The Labute approximate surface area is 125 Å². The van der Waals surface area contributed by atoms with Gasteiger partial charge in [0.25, 0.3) is 0 Å². The summed E-state index contributed by atoms with van der Waals surface area (Å²) in [6.45, 7) is 4.16. The molecule has 114 valence electrons. The molecule has 0 amide bonds. The van der Waals surface area contributed by atoms with Crippen LogP contribution in [0.1, 0.15) is 32.3 Å². The van der Waals surface area contributed by atoms with Gasteiger partial charge in [-0.2, -0.15) is 9.57 Å². The van der Waals surface area contributed by atoms with Crippen LogP contribution in [0.15, 0.2) is 24.3 Å². The number of nitriles is 1. The van der Waals surface area contributed by atoms with Gasteiger partial charge < -0.3 is 0 Å². The minimum Gasteiger partial charge on any atom is -0.212 e. The standard InChI is InChI=1S/C15H19FN2O2S/c1-15(2)7-4-8-18(14(15)10-17)21(19,20)11-12-5-3-6-13(16)9-12/h3,5-6,9,14H,4,7-8,11H2,1-2H3. The third-order valence-electron chi connectivity index (χ3n) is 3.95. The normalized spacial score (nSPS) is 22.7. The van der Waals surface area contributed by atoms with Gasteiger partial charge in [0.2, 0.25) is 10.0 Å². The van der Waals surface area contributed by atoms with E-state index in [0.717, 1.165) is 12.8 Å². The molecule has 1 aliphatic rings. The lowest BCUT2D eigenvalue weighted by Gasteiger charge is -2.41. The predicted molar refractivity (Wildman–Crippen MR) is 78.1 cm³/mol. The van der Waals surface area contributed by atoms with Crippen LogP contribution < -0.4 is 0 Å². The van der Waals surface area contributed by atoms with E-state index in [0.29, 0.717) is 12.1 Å². The van der Waals surface area contributed by atoms with Gasteiger partial charge in [-0.25, -0.2) is 12.8 Å². The second kappa shape index (κ2) is 5.74. The summed E-state index contributed by atoms with van der Waals surface area (Å²) in [4.78, 5) is 0. The average molecular weight is 310 g/mol. The largest absolute Gasteiger partial charge is 0.219 e. The molecule has 0 aliphatic carbocycles. The first kappa shape index (κ1) is 15.9. The van der Waals surface area contributed by atoms with Crippen molar-refractivity contribution >= 4 is 10.0 Å². The second-order valence-electron chi connectivity index (χ2n) is 6.12. The van der Waals surface area contributed by atoms with Crippen molar-refractivity contribution in [2.24, 2.45) is 5.41 Å². The summed E-state index contributed by atoms with van der Waals surface area (Å²) in [7, 11) is -3.64. The Bertz CT molecular complexity index is 664. The Morgan fingerprint density at radius 1 is 1.48 bits per heavy atom. The smallest absolute Gasteiger partial charge is 0.212 e. The number of benzene rings is 1. The first-order valence-electron chi connectivity index (χ1n) is 6.90. The van der Waals surface area contributed by atoms with Crippen LogP contribution in [-0.4, -0.2) is 25.3 Å². The molecule has 1 fully saturated rings. The van der Waals surface area contributed by atoms with Crippen LogP contribution in [0.25, 0.3) is 0 Å². The van der Waals surface area contributed by atoms with Gasteiger partial charge in [0, 0.05) is 6.54 Å². The van der Waals surface area contributed by atoms with Crippen molar-refractivity contribution in [2.75, 3.05) is 6.54 Å². The lowest BCUT2D eigenvalue weighted by Crippen LogP contribution is -2.51. The molecule has 1 atom stereocenters. The zero-order chi connectivity index (χ0) is 15.7. The number of hydrogen-bond donors (Lipinski definition) is 0. The molecule has 4 nitrogen and oxygen atoms in total. The molecule has 0 radical (unpaired) electrons. The molecular weight excluding hydrogens is 291 g/mol. The van der Waals surface area contributed by atoms with E-state index in [1.165, 1.54) is 22.5 Å². The van der Waals surface area contributed by atoms with Crippen LogP contribution in [0.5, 0.6) is 0 Å². The zero-order valence-electron chi connectivity index (χ0n) is 12.2. The van der Waals surface area contributed by atoms with Crippen molar-refractivity contribution in [3.05, 3.63) is 35.6 Å². The lowest BCUT2D eigenvalue weighted by molar-refractivity contribution is 0.139. The number of rotatable bonds is 3. The fourth-order valence-corrected chi connectivity index (χ4v) is 4.63. The first-order valence-corrected chi connectivity index (χ1v) is 8.51. The first-order chi connectivity index (χ1) is 9.76. The Balaban J connectivity index is 2.28. The molecule has 1 saturated heterocycles. The van der Waals surface area contributed by atoms with Gasteiger partial charge in [-0.1, -0.05) is 26.0 Å². The molecule has 6 heteroatoms. The van der Waals surface area contributed by atoms with Gasteiger partial charge in [0.05, 0.1) is 11.8 Å². The third-order valence-corrected chi connectivity index (χ3v) is 5.75. The van der Waals surface area contributed by atoms with E-state index in [2.05, 4.69) is 6.07 Å². The van der Waals surface area contributed by atoms with Gasteiger partial charge in [0.1, 0.15) is 11.9 Å². The quantitative estimate of drug-likeness (QED) is 0.862. The average Bonchev–Trinajstić information content (AvgIpc) is 2.36. The minimum atomic E-state index is -3.64. The van der Waals surface area contributed by atoms with Crippen LogP contribution in [0.3, 0.4) is 0 Å². The summed E-state index contributed by atoms with van der Waals surface area (Å²) in [6.07, 6.45) is 1.55. The molecule has 0 spiro atoms. The topological polar surface area (TPSA) is 61.2 Å². The van der Waals surface area contributed by atoms with Crippen molar-refractivity contribution in [2.45, 2.75) is 38.5 Å². The monoisotopic (exact) mass is 310 g/mol. The molecule has 0 saturated carbocycles. The van der Waals surface area contributed by atoms with Crippen LogP contribution in [0.2, 0.25) is 0 Å². The molecule has 0 aromatic heterocycles. The molecule has 1 unspecified atom stereocenters. The van der Waals surface area contributed by atoms with Crippen molar-refractivity contribution < 1.29 is 12.8 Å². The SMILES string of the molecule is CC1(C)CCCN(S(=O)(=O)Cc2cccc(F)c2)C1C#N. The van der Waals surface area contributed by atoms with E-state index in [1.54, 1.807) is 6.07 Å². The number of sulfonamides is 1. The highest BCUT2D eigenvalue weighted by atomic mass is 32.2. The number of nitrogens with zero attached hydrogens (tertiary/aromatic N) is 2. The van der Waals surface area contributed by atoms with Gasteiger partial charge in [-0.05, 0) is 36.0 Å². The molecule has 0 N–H and O–H groups in total. The van der Waals surface area contributed by atoms with E-state index < -0.39 is 21.9 Å². The molecule has 1 heterocycles. The highest BCUT2D eigenvalue weighted by Crippen LogP contribution is 2.36. The van der Waals surface area contributed by atoms with E-state index in [1.807, 2.05) is 13.8 Å². The fraction of sp³-hybridized carbons (Fsp3) is 0.533. The van der Waals surface area contributed by atoms with Crippen molar-refractivity contribution in [1.82, 2.24) is 4.31 Å². The zero-order valence-corrected chi connectivity index (χ0v) is 13.0. The summed E-state index contributed by atoms with van der Waals surface area (Å²) >= 11 is 0. The lowest BCUT2D eigenvalue weighted by atomic mass is 9.78. The van der Waals surface area contributed by atoms with Gasteiger partial charge >= 0.3 is 0 Å². The van der Waals surface area contributed by atoms with Crippen molar-refractivity contribution in [3.8, 4) is 6.07 Å². The molecular formula is C15H19FN2O2S. The number of piperidine rings is 1. The number of hydrogen-bond acceptors (Lipinski definition) is 3. The van der Waals surface area contributed by atoms with Crippen LogP contribution >= 0.6 is 0 Å². The van der Waals surface area contributed by atoms with E-state index in [-0.39, 0.29) is 11.2 Å². The Morgan fingerprint density at radius 3 is 2.81 bits per heavy atom. The summed E-state index contributed by atoms with van der Waals surface area (Å²) in [5, 5.41) is 9.35. The van der Waals surface area contributed by atoms with E-state index in [4.69, 9.17) is 0 Å². The molecule has 0 bridgehead atoms. The van der Waals surface area contributed by atoms with Gasteiger partial charge in [-0.15, -0.1) is 0 Å². The summed E-state index contributed by atoms with van der Waals surface area (Å²) in [5.41, 5.74) is 0.0252. The summed E-state index contributed by atoms with van der Waals surface area (Å²) in [5.74, 6) is -0.738. The Kier molecular flexibility index (Phi) is 4.35. The van der Waals surface area contributed by atoms with Crippen LogP contribution in [0, 0.1) is 22.6 Å². The second-order valence-corrected chi connectivity index (χ2v) is 8.04. The molecule has 2 rings (SSSR count). The van der Waals surface area contributed by atoms with Gasteiger partial charge in [0.15, 0.2) is 0 Å². The van der Waals surface area contributed by atoms with Gasteiger partial charge in [-0.3, -0.25) is 0 Å². The van der Waals surface area contributed by atoms with Crippen molar-refractivity contribution in [3.63, 3.8) is 0 Å². The Morgan fingerprint density at radius 2 is 2.19 bits per heavy atom. The molecule has 1 aliphatic heterocycles. The highest BCUT2D eigenvalue weighted by molar-refractivity contribution is 7.88. The highest BCUT2D eigenvalue weighted by Gasteiger charge is 2.43. The number of halogens is 1. The molecule has 1 aromatic carbocycles. The maximum Gasteiger partial charge on any atom is 0.219 e. The summed E-state index contributed by atoms with van der Waals surface area (Å²) in [6, 6.07) is 7.01. The van der Waals surface area contributed by atoms with E-state index >= 15 is 0 Å². The minimum absolute atomic E-state index is 0.279. The van der Waals surface area contributed by atoms with Crippen molar-refractivity contribution in [1.29, 1.82) is 5.26 Å². The molecule has 21 heavy (non-hydrogen) atoms. The molecule has 1 aromatic rings. The summed E-state index contributed by atoms with van der Waals surface area (Å²) < 4.78 is 39.6. The Hall–Kier alpha value is -1.45. The van der Waals surface area contributed by atoms with Crippen LogP contribution in [-0.2, 0) is 15.8 Å². The predicted octanol–water partition coefficient (Wildman–Crippen LogP) is 2.67. The fourth-order valence-electron chi connectivity index (χ4n) is 2.81.